The van der Waals surface area contributed by atoms with Gasteiger partial charge in [0, 0.05) is 18.4 Å². The molecule has 1 fully saturated rings. The number of fused-ring (bicyclic) bond motifs is 1. The Bertz CT molecular complexity index is 924. The summed E-state index contributed by atoms with van der Waals surface area (Å²) in [5.41, 5.74) is -0.552. The van der Waals surface area contributed by atoms with Gasteiger partial charge in [-0.2, -0.15) is 13.2 Å². The SMILES string of the molecule is C[C@H]1C[C@@H](NC(=O)[C@@H](O)C(C)(C)C)C[C@@H](c2ccc(C(F)(F)F)c3nccnc23)C1. The van der Waals surface area contributed by atoms with Gasteiger partial charge in [0.15, 0.2) is 0 Å². The first kappa shape index (κ1) is 22.5. The fourth-order valence-electron chi connectivity index (χ4n) is 4.28. The van der Waals surface area contributed by atoms with Crippen molar-refractivity contribution in [3.05, 3.63) is 35.7 Å². The zero-order valence-electron chi connectivity index (χ0n) is 17.6. The number of alkyl halides is 3. The quantitative estimate of drug-likeness (QED) is 0.765. The fraction of sp³-hybridized carbons (Fsp3) is 0.591. The Morgan fingerprint density at radius 2 is 1.73 bits per heavy atom. The molecule has 1 aliphatic carbocycles. The number of halogens is 3. The first-order valence-corrected chi connectivity index (χ1v) is 10.2. The molecule has 1 aromatic heterocycles. The molecular weight excluding hydrogens is 395 g/mol. The molecule has 164 valence electrons. The Morgan fingerprint density at radius 1 is 1.10 bits per heavy atom. The first-order valence-electron chi connectivity index (χ1n) is 10.2. The highest BCUT2D eigenvalue weighted by Crippen LogP contribution is 2.41. The molecular formula is C22H28F3N3O2. The third kappa shape index (κ3) is 4.74. The van der Waals surface area contributed by atoms with Gasteiger partial charge in [0.05, 0.1) is 11.1 Å². The van der Waals surface area contributed by atoms with E-state index in [2.05, 4.69) is 22.2 Å². The van der Waals surface area contributed by atoms with Crippen LogP contribution in [0.2, 0.25) is 0 Å². The summed E-state index contributed by atoms with van der Waals surface area (Å²) in [5, 5.41) is 13.2. The number of nitrogens with one attached hydrogen (secondary N) is 1. The molecule has 0 radical (unpaired) electrons. The average molecular weight is 423 g/mol. The van der Waals surface area contributed by atoms with Crippen molar-refractivity contribution >= 4 is 16.9 Å². The van der Waals surface area contributed by atoms with E-state index in [1.807, 2.05) is 0 Å². The summed E-state index contributed by atoms with van der Waals surface area (Å²) in [4.78, 5) is 20.6. The molecule has 0 bridgehead atoms. The summed E-state index contributed by atoms with van der Waals surface area (Å²) in [6, 6.07) is 2.39. The summed E-state index contributed by atoms with van der Waals surface area (Å²) in [7, 11) is 0. The second-order valence-corrected chi connectivity index (χ2v) is 9.44. The van der Waals surface area contributed by atoms with Crippen molar-refractivity contribution in [3.8, 4) is 0 Å². The zero-order valence-corrected chi connectivity index (χ0v) is 17.6. The highest BCUT2D eigenvalue weighted by Gasteiger charge is 2.37. The highest BCUT2D eigenvalue weighted by molar-refractivity contribution is 5.83. The van der Waals surface area contributed by atoms with Gasteiger partial charge in [0.25, 0.3) is 0 Å². The molecule has 5 nitrogen and oxygen atoms in total. The van der Waals surface area contributed by atoms with Crippen LogP contribution in [0.15, 0.2) is 24.5 Å². The number of nitrogens with zero attached hydrogens (tertiary/aromatic N) is 2. The van der Waals surface area contributed by atoms with Crippen molar-refractivity contribution < 1.29 is 23.1 Å². The summed E-state index contributed by atoms with van der Waals surface area (Å²) in [5.74, 6) is -0.223. The van der Waals surface area contributed by atoms with Crippen LogP contribution in [0.3, 0.4) is 0 Å². The molecule has 0 unspecified atom stereocenters. The Balaban J connectivity index is 1.89. The van der Waals surface area contributed by atoms with Crippen LogP contribution in [-0.2, 0) is 11.0 Å². The number of carbonyl (C=O) groups is 1. The minimum absolute atomic E-state index is 0.0627. The number of aromatic nitrogens is 2. The molecule has 0 aliphatic heterocycles. The van der Waals surface area contributed by atoms with Crippen molar-refractivity contribution in [2.24, 2.45) is 11.3 Å². The summed E-state index contributed by atoms with van der Waals surface area (Å²) in [6.45, 7) is 7.42. The van der Waals surface area contributed by atoms with Gasteiger partial charge in [0.2, 0.25) is 5.91 Å². The van der Waals surface area contributed by atoms with E-state index in [9.17, 15) is 23.1 Å². The highest BCUT2D eigenvalue weighted by atomic mass is 19.4. The maximum atomic E-state index is 13.4. The lowest BCUT2D eigenvalue weighted by molar-refractivity contribution is -0.137. The molecule has 30 heavy (non-hydrogen) atoms. The minimum atomic E-state index is -4.51. The number of hydrogen-bond acceptors (Lipinski definition) is 4. The Labute approximate surface area is 174 Å². The van der Waals surface area contributed by atoms with Crippen molar-refractivity contribution in [3.63, 3.8) is 0 Å². The van der Waals surface area contributed by atoms with E-state index < -0.39 is 29.2 Å². The van der Waals surface area contributed by atoms with Crippen LogP contribution < -0.4 is 5.32 Å². The summed E-state index contributed by atoms with van der Waals surface area (Å²) >= 11 is 0. The number of aliphatic hydroxyl groups is 1. The third-order valence-electron chi connectivity index (χ3n) is 5.76. The molecule has 0 saturated heterocycles. The lowest BCUT2D eigenvalue weighted by Crippen LogP contribution is -2.48. The Kier molecular flexibility index (Phi) is 6.09. The molecule has 2 aromatic rings. The Morgan fingerprint density at radius 3 is 2.33 bits per heavy atom. The van der Waals surface area contributed by atoms with E-state index in [4.69, 9.17) is 0 Å². The van der Waals surface area contributed by atoms with Crippen LogP contribution in [0.4, 0.5) is 13.2 Å². The van der Waals surface area contributed by atoms with Crippen molar-refractivity contribution in [2.75, 3.05) is 0 Å². The predicted octanol–water partition coefficient (Wildman–Crippen LogP) is 4.44. The monoisotopic (exact) mass is 423 g/mol. The van der Waals surface area contributed by atoms with Crippen molar-refractivity contribution in [1.82, 2.24) is 15.3 Å². The van der Waals surface area contributed by atoms with Crippen LogP contribution in [-0.4, -0.2) is 33.1 Å². The second kappa shape index (κ2) is 8.13. The molecule has 8 heteroatoms. The van der Waals surface area contributed by atoms with E-state index in [1.165, 1.54) is 18.5 Å². The van der Waals surface area contributed by atoms with Gasteiger partial charge < -0.3 is 10.4 Å². The number of benzene rings is 1. The predicted molar refractivity (Wildman–Crippen MR) is 108 cm³/mol. The molecule has 3 rings (SSSR count). The van der Waals surface area contributed by atoms with Crippen LogP contribution >= 0.6 is 0 Å². The van der Waals surface area contributed by atoms with Gasteiger partial charge in [-0.1, -0.05) is 33.8 Å². The van der Waals surface area contributed by atoms with E-state index >= 15 is 0 Å². The minimum Gasteiger partial charge on any atom is -0.383 e. The van der Waals surface area contributed by atoms with E-state index in [0.717, 1.165) is 18.9 Å². The van der Waals surface area contributed by atoms with Gasteiger partial charge in [0.1, 0.15) is 11.6 Å². The van der Waals surface area contributed by atoms with Crippen LogP contribution in [0.1, 0.15) is 64.0 Å². The second-order valence-electron chi connectivity index (χ2n) is 9.44. The lowest BCUT2D eigenvalue weighted by Gasteiger charge is -2.36. The number of hydrogen-bond donors (Lipinski definition) is 2. The van der Waals surface area contributed by atoms with Crippen LogP contribution in [0.5, 0.6) is 0 Å². The standard InChI is InChI=1S/C22H28F3N3O2/c1-12-9-13(11-14(10-12)28-20(30)19(29)21(2,3)4)15-5-6-16(22(23,24)25)18-17(15)26-7-8-27-18/h5-8,12-14,19,29H,9-11H2,1-4H3,(H,28,30)/t12-,13+,14-,19-/m1/s1. The maximum absolute atomic E-state index is 13.4. The van der Waals surface area contributed by atoms with Gasteiger partial charge in [-0.15, -0.1) is 0 Å². The molecule has 1 heterocycles. The molecule has 1 amide bonds. The molecule has 2 N–H and O–H groups in total. The molecule has 0 spiro atoms. The maximum Gasteiger partial charge on any atom is 0.418 e. The van der Waals surface area contributed by atoms with Crippen LogP contribution in [0, 0.1) is 11.3 Å². The van der Waals surface area contributed by atoms with Gasteiger partial charge in [-0.05, 0) is 48.1 Å². The van der Waals surface area contributed by atoms with E-state index in [-0.39, 0.29) is 28.9 Å². The van der Waals surface area contributed by atoms with E-state index in [0.29, 0.717) is 12.0 Å². The molecule has 1 saturated carbocycles. The molecule has 4 atom stereocenters. The number of aliphatic hydroxyl groups excluding tert-OH is 1. The first-order chi connectivity index (χ1) is 13.9. The van der Waals surface area contributed by atoms with Gasteiger partial charge >= 0.3 is 6.18 Å². The normalized spacial score (nSPS) is 23.9. The topological polar surface area (TPSA) is 75.1 Å². The number of rotatable bonds is 3. The Hall–Kier alpha value is -2.22. The molecule has 1 aromatic carbocycles. The van der Waals surface area contributed by atoms with Crippen molar-refractivity contribution in [1.29, 1.82) is 0 Å². The number of amides is 1. The smallest absolute Gasteiger partial charge is 0.383 e. The molecule has 1 aliphatic rings. The summed E-state index contributed by atoms with van der Waals surface area (Å²) in [6.07, 6.45) is -0.866. The third-order valence-corrected chi connectivity index (χ3v) is 5.76. The largest absolute Gasteiger partial charge is 0.418 e. The van der Waals surface area contributed by atoms with Crippen LogP contribution in [0.25, 0.3) is 11.0 Å². The number of carbonyl (C=O) groups excluding carboxylic acids is 1. The lowest BCUT2D eigenvalue weighted by atomic mass is 9.75. The summed E-state index contributed by atoms with van der Waals surface area (Å²) < 4.78 is 40.2. The van der Waals surface area contributed by atoms with E-state index in [1.54, 1.807) is 20.8 Å². The van der Waals surface area contributed by atoms with Crippen molar-refractivity contribution in [2.45, 2.75) is 71.2 Å². The zero-order chi connectivity index (χ0) is 22.3. The van der Waals surface area contributed by atoms with Gasteiger partial charge in [-0.25, -0.2) is 0 Å². The average Bonchev–Trinajstić information content (AvgIpc) is 2.64. The van der Waals surface area contributed by atoms with Gasteiger partial charge in [-0.3, -0.25) is 14.8 Å². The fourth-order valence-corrected chi connectivity index (χ4v) is 4.28.